The molecule has 3 saturated heterocycles. The van der Waals surface area contributed by atoms with Crippen LogP contribution in [0.1, 0.15) is 12.0 Å². The second kappa shape index (κ2) is 5.78. The average molecular weight is 320 g/mol. The maximum atomic E-state index is 12.8. The number of carbonyl (C=O) groups is 1. The van der Waals surface area contributed by atoms with Crippen LogP contribution in [-0.2, 0) is 4.79 Å². The number of pyridine rings is 1. The van der Waals surface area contributed by atoms with Gasteiger partial charge in [0.1, 0.15) is 5.75 Å². The second-order valence-corrected chi connectivity index (χ2v) is 6.42. The third kappa shape index (κ3) is 2.30. The molecule has 1 aromatic heterocycles. The van der Waals surface area contributed by atoms with Crippen molar-refractivity contribution in [2.45, 2.75) is 6.42 Å². The summed E-state index contributed by atoms with van der Waals surface area (Å²) in [6, 6.07) is 7.77. The Bertz CT molecular complexity index is 856. The van der Waals surface area contributed by atoms with Gasteiger partial charge in [0.2, 0.25) is 0 Å². The number of Topliss-reactive ketones (excluding diaryl/α,β-unsaturated/α-hetero) is 1. The molecule has 1 aromatic carbocycles. The van der Waals surface area contributed by atoms with Gasteiger partial charge in [-0.1, -0.05) is 6.08 Å². The van der Waals surface area contributed by atoms with Crippen LogP contribution in [-0.4, -0.2) is 35.9 Å². The molecule has 2 bridgehead atoms. The van der Waals surface area contributed by atoms with Crippen LogP contribution in [0.5, 0.6) is 5.75 Å². The van der Waals surface area contributed by atoms with E-state index in [1.165, 1.54) is 0 Å². The van der Waals surface area contributed by atoms with Crippen molar-refractivity contribution in [3.8, 4) is 5.75 Å². The van der Waals surface area contributed by atoms with Crippen molar-refractivity contribution >= 4 is 22.8 Å². The monoisotopic (exact) mass is 320 g/mol. The summed E-state index contributed by atoms with van der Waals surface area (Å²) in [5, 5.41) is 1.00. The fourth-order valence-electron chi connectivity index (χ4n) is 3.82. The summed E-state index contributed by atoms with van der Waals surface area (Å²) >= 11 is 0. The first-order valence-electron chi connectivity index (χ1n) is 8.27. The Balaban J connectivity index is 1.80. The zero-order chi connectivity index (χ0) is 16.7. The van der Waals surface area contributed by atoms with Crippen LogP contribution in [0.4, 0.5) is 0 Å². The van der Waals surface area contributed by atoms with Crippen LogP contribution in [0.3, 0.4) is 0 Å². The predicted molar refractivity (Wildman–Crippen MR) is 94.6 cm³/mol. The molecular weight excluding hydrogens is 300 g/mol. The van der Waals surface area contributed by atoms with Crippen molar-refractivity contribution in [1.82, 2.24) is 9.88 Å². The molecule has 3 fully saturated rings. The first-order valence-corrected chi connectivity index (χ1v) is 8.27. The van der Waals surface area contributed by atoms with E-state index in [4.69, 9.17) is 4.74 Å². The molecule has 0 unspecified atom stereocenters. The zero-order valence-corrected chi connectivity index (χ0v) is 13.7. The van der Waals surface area contributed by atoms with Gasteiger partial charge in [0.15, 0.2) is 5.78 Å². The van der Waals surface area contributed by atoms with Gasteiger partial charge in [-0.05, 0) is 42.3 Å². The molecule has 122 valence electrons. The van der Waals surface area contributed by atoms with Crippen molar-refractivity contribution < 1.29 is 9.53 Å². The summed E-state index contributed by atoms with van der Waals surface area (Å²) in [6.45, 7) is 5.72. The van der Waals surface area contributed by atoms with E-state index in [-0.39, 0.29) is 17.6 Å². The molecule has 3 aliphatic rings. The van der Waals surface area contributed by atoms with Gasteiger partial charge < -0.3 is 9.64 Å². The highest BCUT2D eigenvalue weighted by Crippen LogP contribution is 2.37. The highest BCUT2D eigenvalue weighted by atomic mass is 16.5. The van der Waals surface area contributed by atoms with Crippen molar-refractivity contribution in [3.05, 3.63) is 54.4 Å². The number of carbonyl (C=O) groups excluding carboxylic acids is 1. The molecule has 5 rings (SSSR count). The van der Waals surface area contributed by atoms with Crippen molar-refractivity contribution in [1.29, 1.82) is 0 Å². The summed E-state index contributed by atoms with van der Waals surface area (Å²) in [6.07, 6.45) is 6.65. The van der Waals surface area contributed by atoms with Gasteiger partial charge in [-0.15, -0.1) is 6.58 Å². The lowest BCUT2D eigenvalue weighted by Crippen LogP contribution is -2.50. The molecule has 2 atom stereocenters. The van der Waals surface area contributed by atoms with Gasteiger partial charge >= 0.3 is 0 Å². The highest BCUT2D eigenvalue weighted by molar-refractivity contribution is 6.04. The first kappa shape index (κ1) is 14.9. The average Bonchev–Trinajstić information content (AvgIpc) is 2.64. The van der Waals surface area contributed by atoms with Gasteiger partial charge in [0, 0.05) is 36.5 Å². The molecule has 0 amide bonds. The van der Waals surface area contributed by atoms with E-state index in [9.17, 15) is 4.79 Å². The van der Waals surface area contributed by atoms with Crippen molar-refractivity contribution in [3.63, 3.8) is 0 Å². The number of fused-ring (bicyclic) bond motifs is 4. The van der Waals surface area contributed by atoms with Crippen LogP contribution in [0, 0.1) is 11.8 Å². The number of aromatic nitrogens is 1. The van der Waals surface area contributed by atoms with Crippen molar-refractivity contribution in [2.75, 3.05) is 20.2 Å². The Morgan fingerprint density at radius 3 is 3.00 bits per heavy atom. The number of ether oxygens (including phenoxy) is 1. The fourth-order valence-corrected chi connectivity index (χ4v) is 3.82. The lowest BCUT2D eigenvalue weighted by atomic mass is 9.76. The Morgan fingerprint density at radius 1 is 1.38 bits per heavy atom. The quantitative estimate of drug-likeness (QED) is 0.643. The fraction of sp³-hybridized carbons (Fsp3) is 0.300. The number of nitrogens with zero attached hydrogens (tertiary/aromatic N) is 2. The Hall–Kier alpha value is -2.62. The Morgan fingerprint density at radius 2 is 2.25 bits per heavy atom. The van der Waals surface area contributed by atoms with Crippen LogP contribution >= 0.6 is 0 Å². The summed E-state index contributed by atoms with van der Waals surface area (Å²) in [7, 11) is 1.65. The van der Waals surface area contributed by atoms with Gasteiger partial charge in [-0.3, -0.25) is 9.78 Å². The summed E-state index contributed by atoms with van der Waals surface area (Å²) in [5.41, 5.74) is 2.72. The molecule has 4 heteroatoms. The molecule has 0 saturated carbocycles. The normalized spacial score (nSPS) is 24.6. The third-order valence-corrected chi connectivity index (χ3v) is 5.17. The van der Waals surface area contributed by atoms with E-state index >= 15 is 0 Å². The maximum absolute atomic E-state index is 12.8. The first-order chi connectivity index (χ1) is 11.7. The predicted octanol–water partition coefficient (Wildman–Crippen LogP) is 3.29. The summed E-state index contributed by atoms with van der Waals surface area (Å²) in [5.74, 6) is 1.39. The molecule has 0 aliphatic carbocycles. The smallest absolute Gasteiger partial charge is 0.182 e. The van der Waals surface area contributed by atoms with E-state index in [1.807, 2.05) is 36.4 Å². The van der Waals surface area contributed by atoms with Crippen LogP contribution in [0.25, 0.3) is 17.0 Å². The molecule has 24 heavy (non-hydrogen) atoms. The molecule has 2 aromatic rings. The molecule has 4 heterocycles. The molecule has 3 aliphatic heterocycles. The van der Waals surface area contributed by atoms with Crippen LogP contribution in [0.15, 0.2) is 48.8 Å². The SMILES string of the molecule is C=C[C@H]1CN2CC[C@H]1C(=O)/C2=C\c1ccnc2ccc(OC)cc12. The van der Waals surface area contributed by atoms with E-state index in [2.05, 4.69) is 16.5 Å². The molecule has 0 N–H and O–H groups in total. The van der Waals surface area contributed by atoms with E-state index in [1.54, 1.807) is 13.3 Å². The topological polar surface area (TPSA) is 42.4 Å². The Kier molecular flexibility index (Phi) is 3.60. The largest absolute Gasteiger partial charge is 0.497 e. The van der Waals surface area contributed by atoms with Gasteiger partial charge in [0.05, 0.1) is 18.3 Å². The molecular formula is C20H20N2O2. The number of hydrogen-bond acceptors (Lipinski definition) is 4. The highest BCUT2D eigenvalue weighted by Gasteiger charge is 2.41. The van der Waals surface area contributed by atoms with E-state index in [0.29, 0.717) is 0 Å². The van der Waals surface area contributed by atoms with E-state index in [0.717, 1.165) is 47.4 Å². The summed E-state index contributed by atoms with van der Waals surface area (Å²) < 4.78 is 5.33. The van der Waals surface area contributed by atoms with Gasteiger partial charge in [-0.25, -0.2) is 0 Å². The zero-order valence-electron chi connectivity index (χ0n) is 13.7. The minimum Gasteiger partial charge on any atom is -0.497 e. The van der Waals surface area contributed by atoms with Gasteiger partial charge in [0.25, 0.3) is 0 Å². The second-order valence-electron chi connectivity index (χ2n) is 6.42. The minimum absolute atomic E-state index is 0.0846. The Labute approximate surface area is 141 Å². The van der Waals surface area contributed by atoms with Crippen LogP contribution < -0.4 is 4.74 Å². The molecule has 4 nitrogen and oxygen atoms in total. The van der Waals surface area contributed by atoms with Gasteiger partial charge in [-0.2, -0.15) is 0 Å². The number of ketones is 1. The summed E-state index contributed by atoms with van der Waals surface area (Å²) in [4.78, 5) is 19.4. The minimum atomic E-state index is 0.0846. The number of allylic oxidation sites excluding steroid dienone is 1. The van der Waals surface area contributed by atoms with Crippen LogP contribution in [0.2, 0.25) is 0 Å². The molecule has 0 radical (unpaired) electrons. The third-order valence-electron chi connectivity index (χ3n) is 5.17. The lowest BCUT2D eigenvalue weighted by molar-refractivity contribution is -0.127. The van der Waals surface area contributed by atoms with E-state index < -0.39 is 0 Å². The van der Waals surface area contributed by atoms with Crippen molar-refractivity contribution in [2.24, 2.45) is 11.8 Å². The number of benzene rings is 1. The number of hydrogen-bond donors (Lipinski definition) is 0. The number of methoxy groups -OCH3 is 1. The number of piperidine rings is 3. The standard InChI is InChI=1S/C20H20N2O2/c1-3-13-12-22-9-7-16(13)20(23)19(22)10-14-6-8-21-18-5-4-15(24-2)11-17(14)18/h3-6,8,10-11,13,16H,1,7,9,12H2,2H3/b19-10+/t13-,16+/m0/s1. The maximum Gasteiger partial charge on any atom is 0.182 e. The number of rotatable bonds is 3. The lowest BCUT2D eigenvalue weighted by Gasteiger charge is -2.45. The molecule has 0 spiro atoms.